The van der Waals surface area contributed by atoms with Gasteiger partial charge in [0.2, 0.25) is 5.91 Å². The van der Waals surface area contributed by atoms with Crippen molar-refractivity contribution < 1.29 is 46.1 Å². The SMILES string of the molecule is COc1cc(-c2c3c(C#N)cc(-c4cnn(CC(=O)N(C)C)c4)cc3nn2C)cc(OC(F)F)c1C(=O)N1CC(O)(C(F)(F)F)C1. The van der Waals surface area contributed by atoms with Gasteiger partial charge in [-0.2, -0.15) is 37.4 Å². The van der Waals surface area contributed by atoms with E-state index < -0.39 is 48.7 Å². The minimum absolute atomic E-state index is 0.00159. The first-order valence-corrected chi connectivity index (χ1v) is 13.5. The molecule has 1 aliphatic heterocycles. The number of nitrogens with zero attached hydrogens (tertiary/aromatic N) is 7. The fourth-order valence-electron chi connectivity index (χ4n) is 5.15. The van der Waals surface area contributed by atoms with Gasteiger partial charge in [0.25, 0.3) is 5.91 Å². The maximum Gasteiger partial charge on any atom is 0.420 e. The molecule has 0 radical (unpaired) electrons. The Morgan fingerprint density at radius 2 is 1.80 bits per heavy atom. The van der Waals surface area contributed by atoms with Crippen molar-refractivity contribution >= 4 is 22.7 Å². The lowest BCUT2D eigenvalue weighted by Gasteiger charge is -2.47. The first kappa shape index (κ1) is 32.2. The maximum atomic E-state index is 13.6. The Morgan fingerprint density at radius 3 is 2.39 bits per heavy atom. The topological polar surface area (TPSA) is 139 Å². The summed E-state index contributed by atoms with van der Waals surface area (Å²) in [4.78, 5) is 27.4. The number of likely N-dealkylation sites (N-methyl/N-ethyl adjacent to an activating group) is 1. The molecule has 1 aliphatic rings. The van der Waals surface area contributed by atoms with Crippen LogP contribution in [0.5, 0.6) is 11.5 Å². The van der Waals surface area contributed by atoms with E-state index in [-0.39, 0.29) is 35.0 Å². The van der Waals surface area contributed by atoms with Crippen molar-refractivity contribution in [3.05, 3.63) is 47.8 Å². The number of fused-ring (bicyclic) bond motifs is 1. The molecule has 2 amide bonds. The molecule has 0 spiro atoms. The van der Waals surface area contributed by atoms with E-state index in [9.17, 15) is 41.9 Å². The van der Waals surface area contributed by atoms with E-state index in [4.69, 9.17) is 4.74 Å². The number of nitriles is 1. The number of hydrogen-bond acceptors (Lipinski definition) is 8. The molecule has 0 atom stereocenters. The van der Waals surface area contributed by atoms with Crippen molar-refractivity contribution in [2.45, 2.75) is 24.9 Å². The van der Waals surface area contributed by atoms with Gasteiger partial charge in [0.1, 0.15) is 23.6 Å². The predicted octanol–water partition coefficient (Wildman–Crippen LogP) is 3.42. The highest BCUT2D eigenvalue weighted by atomic mass is 19.4. The molecule has 5 rings (SSSR count). The van der Waals surface area contributed by atoms with Crippen LogP contribution < -0.4 is 9.47 Å². The fraction of sp³-hybridized carbons (Fsp3) is 0.345. The Kier molecular flexibility index (Phi) is 8.11. The van der Waals surface area contributed by atoms with E-state index in [0.29, 0.717) is 26.9 Å². The zero-order chi connectivity index (χ0) is 33.7. The van der Waals surface area contributed by atoms with Crippen molar-refractivity contribution in [1.82, 2.24) is 29.4 Å². The van der Waals surface area contributed by atoms with E-state index in [1.54, 1.807) is 32.4 Å². The van der Waals surface area contributed by atoms with Crippen LogP contribution >= 0.6 is 0 Å². The number of amides is 2. The summed E-state index contributed by atoms with van der Waals surface area (Å²) in [5.41, 5.74) is -1.66. The second-order valence-corrected chi connectivity index (χ2v) is 10.8. The normalized spacial score (nSPS) is 14.3. The highest BCUT2D eigenvalue weighted by Crippen LogP contribution is 2.43. The monoisotopic (exact) mass is 647 g/mol. The summed E-state index contributed by atoms with van der Waals surface area (Å²) in [7, 11) is 5.90. The van der Waals surface area contributed by atoms with Gasteiger partial charge in [0.15, 0.2) is 5.60 Å². The number of benzene rings is 2. The van der Waals surface area contributed by atoms with E-state index >= 15 is 0 Å². The highest BCUT2D eigenvalue weighted by molar-refractivity contribution is 6.04. The van der Waals surface area contributed by atoms with E-state index in [2.05, 4.69) is 21.0 Å². The highest BCUT2D eigenvalue weighted by Gasteiger charge is 2.62. The summed E-state index contributed by atoms with van der Waals surface area (Å²) in [6.07, 6.45) is -1.85. The van der Waals surface area contributed by atoms with Crippen LogP contribution in [0.1, 0.15) is 15.9 Å². The number of carbonyl (C=O) groups is 2. The number of methoxy groups -OCH3 is 1. The van der Waals surface area contributed by atoms with Gasteiger partial charge < -0.3 is 24.4 Å². The van der Waals surface area contributed by atoms with Gasteiger partial charge in [0, 0.05) is 43.9 Å². The molecule has 46 heavy (non-hydrogen) atoms. The zero-order valence-corrected chi connectivity index (χ0v) is 24.8. The van der Waals surface area contributed by atoms with E-state index in [1.165, 1.54) is 33.6 Å². The molecule has 1 N–H and O–H groups in total. The Bertz CT molecular complexity index is 1890. The van der Waals surface area contributed by atoms with Gasteiger partial charge in [-0.1, -0.05) is 0 Å². The summed E-state index contributed by atoms with van der Waals surface area (Å²) >= 11 is 0. The number of β-amino-alcohol motifs (C(OH)–C–C–N with tert-alkyl or cyclic N) is 1. The van der Waals surface area contributed by atoms with Gasteiger partial charge in [-0.25, -0.2) is 0 Å². The predicted molar refractivity (Wildman–Crippen MR) is 151 cm³/mol. The molecule has 2 aromatic heterocycles. The first-order chi connectivity index (χ1) is 21.6. The second-order valence-electron chi connectivity index (χ2n) is 10.8. The van der Waals surface area contributed by atoms with Crippen LogP contribution in [-0.2, 0) is 18.4 Å². The minimum Gasteiger partial charge on any atom is -0.496 e. The molecular weight excluding hydrogens is 621 g/mol. The number of likely N-dealkylation sites (tertiary alicyclic amines) is 1. The molecule has 1 saturated heterocycles. The van der Waals surface area contributed by atoms with Gasteiger partial charge >= 0.3 is 12.8 Å². The third kappa shape index (κ3) is 5.67. The molecule has 0 aliphatic carbocycles. The third-order valence-electron chi connectivity index (χ3n) is 7.53. The first-order valence-electron chi connectivity index (χ1n) is 13.5. The smallest absolute Gasteiger partial charge is 0.420 e. The zero-order valence-electron chi connectivity index (χ0n) is 24.8. The number of rotatable bonds is 8. The molecule has 2 aromatic carbocycles. The standard InChI is InChI=1S/C29H26F5N7O5/c1-38(2)22(42)12-41-11-18(10-36-41)15-5-17(9-35)23-19(6-15)37-39(3)25(23)16-7-20(45-4)24(21(8-16)46-27(30)31)26(43)40-13-28(44,14-40)29(32,33)34/h5-8,10-11,27,44H,12-14H2,1-4H3. The lowest BCUT2D eigenvalue weighted by Crippen LogP contribution is -2.70. The molecule has 242 valence electrons. The number of ether oxygens (including phenoxy) is 2. The molecule has 17 heteroatoms. The van der Waals surface area contributed by atoms with Crippen LogP contribution in [0.25, 0.3) is 33.3 Å². The summed E-state index contributed by atoms with van der Waals surface area (Å²) in [6.45, 7) is -5.65. The van der Waals surface area contributed by atoms with Gasteiger partial charge in [-0.3, -0.25) is 19.0 Å². The van der Waals surface area contributed by atoms with Crippen molar-refractivity contribution in [1.29, 1.82) is 5.26 Å². The molecule has 12 nitrogen and oxygen atoms in total. The minimum atomic E-state index is -5.01. The number of halogens is 5. The lowest BCUT2D eigenvalue weighted by molar-refractivity contribution is -0.294. The third-order valence-corrected chi connectivity index (χ3v) is 7.53. The number of alkyl halides is 5. The molecule has 0 saturated carbocycles. The molecule has 3 heterocycles. The Morgan fingerprint density at radius 1 is 1.13 bits per heavy atom. The average molecular weight is 648 g/mol. The average Bonchev–Trinajstić information content (AvgIpc) is 3.56. The summed E-state index contributed by atoms with van der Waals surface area (Å²) in [5.74, 6) is -2.30. The van der Waals surface area contributed by atoms with Crippen LogP contribution in [0.2, 0.25) is 0 Å². The Hall–Kier alpha value is -5.24. The van der Waals surface area contributed by atoms with Crippen LogP contribution in [0.4, 0.5) is 22.0 Å². The summed E-state index contributed by atoms with van der Waals surface area (Å²) in [6, 6.07) is 7.72. The molecule has 4 aromatic rings. The largest absolute Gasteiger partial charge is 0.496 e. The summed E-state index contributed by atoms with van der Waals surface area (Å²) < 4.78 is 79.4. The lowest BCUT2D eigenvalue weighted by atomic mass is 9.92. The van der Waals surface area contributed by atoms with Crippen LogP contribution in [0, 0.1) is 11.3 Å². The van der Waals surface area contributed by atoms with Crippen molar-refractivity contribution in [2.75, 3.05) is 34.3 Å². The maximum absolute atomic E-state index is 13.6. The van der Waals surface area contributed by atoms with Crippen molar-refractivity contribution in [3.63, 3.8) is 0 Å². The van der Waals surface area contributed by atoms with Crippen molar-refractivity contribution in [2.24, 2.45) is 7.05 Å². The van der Waals surface area contributed by atoms with Crippen LogP contribution in [0.3, 0.4) is 0 Å². The molecule has 0 bridgehead atoms. The van der Waals surface area contributed by atoms with Gasteiger partial charge in [-0.05, 0) is 29.8 Å². The fourth-order valence-corrected chi connectivity index (χ4v) is 5.15. The number of aliphatic hydroxyl groups is 1. The van der Waals surface area contributed by atoms with Gasteiger partial charge in [-0.15, -0.1) is 0 Å². The molecule has 0 unspecified atom stereocenters. The number of aromatic nitrogens is 4. The van der Waals surface area contributed by atoms with Crippen LogP contribution in [0.15, 0.2) is 36.7 Å². The number of carbonyl (C=O) groups excluding carboxylic acids is 2. The Labute approximate surface area is 257 Å². The molecule has 1 fully saturated rings. The van der Waals surface area contributed by atoms with Crippen LogP contribution in [-0.4, -0.2) is 99.0 Å². The molecular formula is C29H26F5N7O5. The van der Waals surface area contributed by atoms with Crippen molar-refractivity contribution in [3.8, 4) is 40.0 Å². The second kappa shape index (κ2) is 11.6. The Balaban J connectivity index is 1.58. The van der Waals surface area contributed by atoms with Gasteiger partial charge in [0.05, 0.1) is 49.2 Å². The summed E-state index contributed by atoms with van der Waals surface area (Å²) in [5, 5.41) is 28.9. The van der Waals surface area contributed by atoms with E-state index in [1.807, 2.05) is 0 Å². The number of aryl methyl sites for hydroxylation is 1. The number of hydrogen-bond donors (Lipinski definition) is 1. The quantitative estimate of drug-likeness (QED) is 0.287. The van der Waals surface area contributed by atoms with E-state index in [0.717, 1.165) is 13.2 Å².